The van der Waals surface area contributed by atoms with E-state index >= 15 is 0 Å². The molecule has 0 fully saturated rings. The first-order valence-corrected chi connectivity index (χ1v) is 4.74. The van der Waals surface area contributed by atoms with E-state index < -0.39 is 0 Å². The molecule has 0 unspecified atom stereocenters. The molecule has 84 valence electrons. The van der Waals surface area contributed by atoms with Gasteiger partial charge in [0, 0.05) is 18.0 Å². The third kappa shape index (κ3) is 2.14. The minimum atomic E-state index is 0. The summed E-state index contributed by atoms with van der Waals surface area (Å²) in [6.07, 6.45) is 3.56. The number of pyridine rings is 1. The van der Waals surface area contributed by atoms with Crippen molar-refractivity contribution >= 4 is 11.4 Å². The van der Waals surface area contributed by atoms with E-state index in [0.717, 1.165) is 16.7 Å². The van der Waals surface area contributed by atoms with Crippen LogP contribution in [0.3, 0.4) is 0 Å². The highest BCUT2D eigenvalue weighted by atomic mass is 14.7. The topological polar surface area (TPSA) is 64.9 Å². The van der Waals surface area contributed by atoms with Crippen LogP contribution in [0.5, 0.6) is 0 Å². The third-order valence-corrected chi connectivity index (χ3v) is 2.41. The minimum Gasteiger partial charge on any atom is -0.397 e. The van der Waals surface area contributed by atoms with Crippen LogP contribution in [0.2, 0.25) is 0 Å². The Balaban J connectivity index is 0.00000128. The fourth-order valence-corrected chi connectivity index (χ4v) is 1.53. The van der Waals surface area contributed by atoms with E-state index in [1.165, 1.54) is 0 Å². The lowest BCUT2D eigenvalue weighted by molar-refractivity contribution is 1.33. The van der Waals surface area contributed by atoms with Crippen molar-refractivity contribution < 1.29 is 0 Å². The van der Waals surface area contributed by atoms with E-state index in [0.29, 0.717) is 11.4 Å². The number of hydrogen-bond acceptors (Lipinski definition) is 3. The molecule has 2 aromatic rings. The number of aromatic nitrogens is 1. The lowest BCUT2D eigenvalue weighted by Gasteiger charge is -2.08. The van der Waals surface area contributed by atoms with Crippen molar-refractivity contribution in [2.24, 2.45) is 0 Å². The van der Waals surface area contributed by atoms with Crippen molar-refractivity contribution in [2.75, 3.05) is 11.5 Å². The highest BCUT2D eigenvalue weighted by Gasteiger charge is 2.03. The van der Waals surface area contributed by atoms with Crippen LogP contribution in [-0.2, 0) is 0 Å². The number of aryl methyl sites for hydroxylation is 1. The fourth-order valence-electron chi connectivity index (χ4n) is 1.53. The van der Waals surface area contributed by atoms with Crippen molar-refractivity contribution in [3.63, 3.8) is 0 Å². The first kappa shape index (κ1) is 12.0. The first-order chi connectivity index (χ1) is 7.18. The van der Waals surface area contributed by atoms with Crippen LogP contribution in [0.1, 0.15) is 13.0 Å². The summed E-state index contributed by atoms with van der Waals surface area (Å²) < 4.78 is 0. The van der Waals surface area contributed by atoms with Crippen molar-refractivity contribution in [1.82, 2.24) is 4.98 Å². The van der Waals surface area contributed by atoms with Crippen molar-refractivity contribution in [2.45, 2.75) is 14.4 Å². The SMILES string of the molecule is C.Cc1cc(-c2cccnc2)cc(N)c1N. The molecule has 0 atom stereocenters. The predicted molar refractivity (Wildman–Crippen MR) is 70.0 cm³/mol. The Morgan fingerprint density at radius 2 is 1.88 bits per heavy atom. The third-order valence-electron chi connectivity index (χ3n) is 2.41. The lowest BCUT2D eigenvalue weighted by atomic mass is 10.0. The molecule has 0 aliphatic rings. The molecule has 0 spiro atoms. The molecule has 0 aliphatic carbocycles. The molecular weight excluding hydrogens is 198 g/mol. The quantitative estimate of drug-likeness (QED) is 0.719. The van der Waals surface area contributed by atoms with Crippen molar-refractivity contribution in [1.29, 1.82) is 0 Å². The molecule has 2 rings (SSSR count). The number of hydrogen-bond donors (Lipinski definition) is 2. The van der Waals surface area contributed by atoms with Gasteiger partial charge in [0.15, 0.2) is 0 Å². The summed E-state index contributed by atoms with van der Waals surface area (Å²) in [5, 5.41) is 0. The standard InChI is InChI=1S/C12H13N3.CH4/c1-8-5-10(6-11(13)12(8)14)9-3-2-4-15-7-9;/h2-7H,13-14H2,1H3;1H4. The van der Waals surface area contributed by atoms with Crippen LogP contribution in [-0.4, -0.2) is 4.98 Å². The molecular formula is C13H17N3. The molecule has 0 aliphatic heterocycles. The fraction of sp³-hybridized carbons (Fsp3) is 0.154. The molecule has 3 heteroatoms. The van der Waals surface area contributed by atoms with Gasteiger partial charge in [-0.05, 0) is 36.2 Å². The van der Waals surface area contributed by atoms with Gasteiger partial charge in [-0.15, -0.1) is 0 Å². The highest BCUT2D eigenvalue weighted by Crippen LogP contribution is 2.27. The van der Waals surface area contributed by atoms with Crippen molar-refractivity contribution in [3.8, 4) is 11.1 Å². The first-order valence-electron chi connectivity index (χ1n) is 4.74. The van der Waals surface area contributed by atoms with Gasteiger partial charge in [-0.1, -0.05) is 13.5 Å². The monoisotopic (exact) mass is 215 g/mol. The molecule has 16 heavy (non-hydrogen) atoms. The van der Waals surface area contributed by atoms with E-state index in [9.17, 15) is 0 Å². The Labute approximate surface area is 96.1 Å². The Kier molecular flexibility index (Phi) is 3.51. The molecule has 0 radical (unpaired) electrons. The lowest BCUT2D eigenvalue weighted by Crippen LogP contribution is -1.97. The van der Waals surface area contributed by atoms with Gasteiger partial charge >= 0.3 is 0 Å². The molecule has 0 saturated heterocycles. The Morgan fingerprint density at radius 1 is 1.12 bits per heavy atom. The normalized spacial score (nSPS) is 9.56. The van der Waals surface area contributed by atoms with Crippen LogP contribution in [0.4, 0.5) is 11.4 Å². The number of benzene rings is 1. The van der Waals surface area contributed by atoms with Gasteiger partial charge in [0.05, 0.1) is 11.4 Å². The summed E-state index contributed by atoms with van der Waals surface area (Å²) in [5.41, 5.74) is 16.0. The van der Waals surface area contributed by atoms with Gasteiger partial charge in [0.2, 0.25) is 0 Å². The Hall–Kier alpha value is -2.03. The summed E-state index contributed by atoms with van der Waals surface area (Å²) in [4.78, 5) is 4.07. The van der Waals surface area contributed by atoms with Crippen LogP contribution >= 0.6 is 0 Å². The number of anilines is 2. The summed E-state index contributed by atoms with van der Waals surface area (Å²) in [6, 6.07) is 7.79. The van der Waals surface area contributed by atoms with Crippen LogP contribution in [0, 0.1) is 6.92 Å². The maximum atomic E-state index is 5.81. The molecule has 0 amide bonds. The molecule has 1 aromatic carbocycles. The summed E-state index contributed by atoms with van der Waals surface area (Å²) in [7, 11) is 0. The molecule has 1 aromatic heterocycles. The molecule has 1 heterocycles. The van der Waals surface area contributed by atoms with E-state index in [1.54, 1.807) is 6.20 Å². The molecule has 0 saturated carbocycles. The van der Waals surface area contributed by atoms with Gasteiger partial charge in [-0.25, -0.2) is 0 Å². The molecule has 3 nitrogen and oxygen atoms in total. The second-order valence-corrected chi connectivity index (χ2v) is 3.54. The second kappa shape index (κ2) is 4.66. The molecule has 0 bridgehead atoms. The average molecular weight is 215 g/mol. The number of nitrogen functional groups attached to an aromatic ring is 2. The van der Waals surface area contributed by atoms with Gasteiger partial charge in [0.1, 0.15) is 0 Å². The van der Waals surface area contributed by atoms with E-state index in [2.05, 4.69) is 4.98 Å². The van der Waals surface area contributed by atoms with E-state index in [-0.39, 0.29) is 7.43 Å². The zero-order valence-corrected chi connectivity index (χ0v) is 8.57. The van der Waals surface area contributed by atoms with E-state index in [4.69, 9.17) is 11.5 Å². The summed E-state index contributed by atoms with van der Waals surface area (Å²) in [5.74, 6) is 0. The van der Waals surface area contributed by atoms with Crippen LogP contribution in [0.25, 0.3) is 11.1 Å². The number of rotatable bonds is 1. The van der Waals surface area contributed by atoms with Gasteiger partial charge in [-0.2, -0.15) is 0 Å². The largest absolute Gasteiger partial charge is 0.397 e. The minimum absolute atomic E-state index is 0. The van der Waals surface area contributed by atoms with Crippen LogP contribution < -0.4 is 11.5 Å². The zero-order chi connectivity index (χ0) is 10.8. The van der Waals surface area contributed by atoms with E-state index in [1.807, 2.05) is 37.4 Å². The van der Waals surface area contributed by atoms with Crippen LogP contribution in [0.15, 0.2) is 36.7 Å². The summed E-state index contributed by atoms with van der Waals surface area (Å²) >= 11 is 0. The van der Waals surface area contributed by atoms with Gasteiger partial charge in [0.25, 0.3) is 0 Å². The number of nitrogens with zero attached hydrogens (tertiary/aromatic N) is 1. The maximum absolute atomic E-state index is 5.81. The van der Waals surface area contributed by atoms with Gasteiger partial charge < -0.3 is 11.5 Å². The summed E-state index contributed by atoms with van der Waals surface area (Å²) in [6.45, 7) is 1.95. The smallest absolute Gasteiger partial charge is 0.0577 e. The van der Waals surface area contributed by atoms with Crippen molar-refractivity contribution in [3.05, 3.63) is 42.2 Å². The zero-order valence-electron chi connectivity index (χ0n) is 8.57. The Bertz CT molecular complexity index is 455. The Morgan fingerprint density at radius 3 is 2.44 bits per heavy atom. The average Bonchev–Trinajstić information content (AvgIpc) is 2.26. The molecule has 4 N–H and O–H groups in total. The highest BCUT2D eigenvalue weighted by molar-refractivity contribution is 5.76. The maximum Gasteiger partial charge on any atom is 0.0577 e. The number of nitrogens with two attached hydrogens (primary N) is 2. The second-order valence-electron chi connectivity index (χ2n) is 3.54. The predicted octanol–water partition coefficient (Wildman–Crippen LogP) is 2.86. The van der Waals surface area contributed by atoms with Gasteiger partial charge in [-0.3, -0.25) is 4.98 Å².